The summed E-state index contributed by atoms with van der Waals surface area (Å²) in [6.07, 6.45) is 1.45. The van der Waals surface area contributed by atoms with E-state index in [0.29, 0.717) is 19.5 Å². The molecule has 0 aromatic heterocycles. The summed E-state index contributed by atoms with van der Waals surface area (Å²) in [5, 5.41) is 0. The molecule has 0 spiro atoms. The van der Waals surface area contributed by atoms with Crippen LogP contribution in [-0.4, -0.2) is 55.8 Å². The minimum atomic E-state index is -3.06. The summed E-state index contributed by atoms with van der Waals surface area (Å²) in [5.41, 5.74) is 3.02. The first-order chi connectivity index (χ1) is 12.7. The fourth-order valence-electron chi connectivity index (χ4n) is 4.10. The van der Waals surface area contributed by atoms with E-state index >= 15 is 0 Å². The SMILES string of the molecule is CCCN(C(=O)C1CC(=O)N(c2cccc(C)c2C)C1)C1CCS(=O)(=O)C1. The van der Waals surface area contributed by atoms with Gasteiger partial charge in [0, 0.05) is 31.2 Å². The molecule has 2 aliphatic rings. The number of hydrogen-bond donors (Lipinski definition) is 0. The van der Waals surface area contributed by atoms with Gasteiger partial charge < -0.3 is 9.80 Å². The van der Waals surface area contributed by atoms with Crippen molar-refractivity contribution in [3.05, 3.63) is 29.3 Å². The van der Waals surface area contributed by atoms with Crippen LogP contribution in [0.4, 0.5) is 5.69 Å². The van der Waals surface area contributed by atoms with Crippen molar-refractivity contribution in [1.29, 1.82) is 0 Å². The van der Waals surface area contributed by atoms with Crippen molar-refractivity contribution in [3.8, 4) is 0 Å². The predicted octanol–water partition coefficient (Wildman–Crippen LogP) is 2.08. The molecule has 2 saturated heterocycles. The smallest absolute Gasteiger partial charge is 0.228 e. The van der Waals surface area contributed by atoms with Crippen molar-refractivity contribution in [1.82, 2.24) is 4.90 Å². The molecule has 148 valence electrons. The maximum atomic E-state index is 13.2. The molecule has 0 N–H and O–H groups in total. The van der Waals surface area contributed by atoms with E-state index in [-0.39, 0.29) is 35.8 Å². The van der Waals surface area contributed by atoms with Gasteiger partial charge in [0.2, 0.25) is 11.8 Å². The second-order valence-corrected chi connectivity index (χ2v) is 9.94. The number of nitrogens with zero attached hydrogens (tertiary/aromatic N) is 2. The Hall–Kier alpha value is -1.89. The molecule has 3 rings (SSSR count). The molecule has 0 bridgehead atoms. The third-order valence-corrected chi connectivity index (χ3v) is 7.49. The van der Waals surface area contributed by atoms with Crippen molar-refractivity contribution in [3.63, 3.8) is 0 Å². The minimum absolute atomic E-state index is 0.0418. The fraction of sp³-hybridized carbons (Fsp3) is 0.600. The van der Waals surface area contributed by atoms with Crippen LogP contribution in [0.25, 0.3) is 0 Å². The van der Waals surface area contributed by atoms with Crippen LogP contribution in [-0.2, 0) is 19.4 Å². The number of rotatable bonds is 5. The lowest BCUT2D eigenvalue weighted by Crippen LogP contribution is -2.45. The molecule has 2 aliphatic heterocycles. The standard InChI is InChI=1S/C20H28N2O4S/c1-4-9-21(17-8-10-27(25,26)13-17)20(24)16-11-19(23)22(12-16)18-7-5-6-14(2)15(18)3/h5-7,16-17H,4,8-13H2,1-3H3. The van der Waals surface area contributed by atoms with Crippen LogP contribution in [0.5, 0.6) is 0 Å². The van der Waals surface area contributed by atoms with E-state index in [1.54, 1.807) is 9.80 Å². The fourth-order valence-corrected chi connectivity index (χ4v) is 5.83. The van der Waals surface area contributed by atoms with Crippen LogP contribution in [0, 0.1) is 19.8 Å². The van der Waals surface area contributed by atoms with Gasteiger partial charge in [0.05, 0.1) is 17.4 Å². The number of hydrogen-bond acceptors (Lipinski definition) is 4. The molecule has 6 nitrogen and oxygen atoms in total. The van der Waals surface area contributed by atoms with Crippen LogP contribution in [0.1, 0.15) is 37.3 Å². The normalized spacial score (nSPS) is 24.4. The van der Waals surface area contributed by atoms with E-state index in [1.807, 2.05) is 39.0 Å². The van der Waals surface area contributed by atoms with Crippen molar-refractivity contribution >= 4 is 27.3 Å². The summed E-state index contributed by atoms with van der Waals surface area (Å²) in [7, 11) is -3.06. The topological polar surface area (TPSA) is 74.8 Å². The summed E-state index contributed by atoms with van der Waals surface area (Å²) in [4.78, 5) is 29.2. The Labute approximate surface area is 161 Å². The molecule has 2 unspecified atom stereocenters. The van der Waals surface area contributed by atoms with E-state index in [9.17, 15) is 18.0 Å². The molecular formula is C20H28N2O4S. The van der Waals surface area contributed by atoms with Gasteiger partial charge in [-0.05, 0) is 43.9 Å². The summed E-state index contributed by atoms with van der Waals surface area (Å²) in [6.45, 7) is 6.87. The van der Waals surface area contributed by atoms with E-state index in [4.69, 9.17) is 0 Å². The summed E-state index contributed by atoms with van der Waals surface area (Å²) in [5.74, 6) is -0.353. The van der Waals surface area contributed by atoms with Gasteiger partial charge in [0.1, 0.15) is 0 Å². The number of carbonyl (C=O) groups is 2. The van der Waals surface area contributed by atoms with E-state index in [2.05, 4.69) is 0 Å². The van der Waals surface area contributed by atoms with Gasteiger partial charge in [-0.3, -0.25) is 9.59 Å². The van der Waals surface area contributed by atoms with E-state index in [0.717, 1.165) is 23.2 Å². The molecular weight excluding hydrogens is 364 g/mol. The molecule has 0 saturated carbocycles. The van der Waals surface area contributed by atoms with Gasteiger partial charge in [0.25, 0.3) is 0 Å². The van der Waals surface area contributed by atoms with Gasteiger partial charge in [-0.15, -0.1) is 0 Å². The lowest BCUT2D eigenvalue weighted by molar-refractivity contribution is -0.137. The lowest BCUT2D eigenvalue weighted by Gasteiger charge is -2.30. The van der Waals surface area contributed by atoms with Crippen LogP contribution >= 0.6 is 0 Å². The molecule has 0 radical (unpaired) electrons. The summed E-state index contributed by atoms with van der Waals surface area (Å²) < 4.78 is 23.7. The Morgan fingerprint density at radius 1 is 1.30 bits per heavy atom. The lowest BCUT2D eigenvalue weighted by atomic mass is 10.0. The number of amides is 2. The van der Waals surface area contributed by atoms with Gasteiger partial charge in [0.15, 0.2) is 9.84 Å². The van der Waals surface area contributed by atoms with Crippen LogP contribution in [0.15, 0.2) is 18.2 Å². The first-order valence-corrected chi connectivity index (χ1v) is 11.4. The average molecular weight is 393 g/mol. The highest BCUT2D eigenvalue weighted by molar-refractivity contribution is 7.91. The second-order valence-electron chi connectivity index (χ2n) is 7.71. The quantitative estimate of drug-likeness (QED) is 0.769. The molecule has 7 heteroatoms. The third-order valence-electron chi connectivity index (χ3n) is 5.74. The maximum absolute atomic E-state index is 13.2. The molecule has 2 fully saturated rings. The van der Waals surface area contributed by atoms with Crippen LogP contribution in [0.3, 0.4) is 0 Å². The Balaban J connectivity index is 1.78. The van der Waals surface area contributed by atoms with E-state index in [1.165, 1.54) is 0 Å². The highest BCUT2D eigenvalue weighted by Crippen LogP contribution is 2.31. The number of anilines is 1. The number of sulfone groups is 1. The molecule has 27 heavy (non-hydrogen) atoms. The zero-order valence-electron chi connectivity index (χ0n) is 16.3. The van der Waals surface area contributed by atoms with Gasteiger partial charge in [-0.25, -0.2) is 8.42 Å². The van der Waals surface area contributed by atoms with Crippen molar-refractivity contribution in [2.75, 3.05) is 29.5 Å². The summed E-state index contributed by atoms with van der Waals surface area (Å²) >= 11 is 0. The zero-order valence-corrected chi connectivity index (χ0v) is 17.1. The Bertz CT molecular complexity index is 850. The van der Waals surface area contributed by atoms with Crippen molar-refractivity contribution in [2.24, 2.45) is 5.92 Å². The van der Waals surface area contributed by atoms with E-state index < -0.39 is 15.8 Å². The molecule has 2 atom stereocenters. The van der Waals surface area contributed by atoms with Crippen molar-refractivity contribution < 1.29 is 18.0 Å². The summed E-state index contributed by atoms with van der Waals surface area (Å²) in [6, 6.07) is 5.59. The average Bonchev–Trinajstić information content (AvgIpc) is 3.17. The van der Waals surface area contributed by atoms with Crippen molar-refractivity contribution in [2.45, 2.75) is 46.1 Å². The Morgan fingerprint density at radius 3 is 2.67 bits per heavy atom. The first kappa shape index (κ1) is 19.9. The molecule has 2 heterocycles. The Kier molecular flexibility index (Phi) is 5.60. The van der Waals surface area contributed by atoms with Crippen LogP contribution in [0.2, 0.25) is 0 Å². The largest absolute Gasteiger partial charge is 0.338 e. The molecule has 0 aliphatic carbocycles. The Morgan fingerprint density at radius 2 is 2.04 bits per heavy atom. The second kappa shape index (κ2) is 7.62. The molecule has 1 aromatic rings. The van der Waals surface area contributed by atoms with Gasteiger partial charge >= 0.3 is 0 Å². The third kappa shape index (κ3) is 4.03. The molecule has 1 aromatic carbocycles. The highest BCUT2D eigenvalue weighted by Gasteiger charge is 2.41. The highest BCUT2D eigenvalue weighted by atomic mass is 32.2. The minimum Gasteiger partial charge on any atom is -0.338 e. The van der Waals surface area contributed by atoms with Gasteiger partial charge in [-0.1, -0.05) is 19.1 Å². The number of benzene rings is 1. The first-order valence-electron chi connectivity index (χ1n) is 9.61. The number of aryl methyl sites for hydroxylation is 1. The maximum Gasteiger partial charge on any atom is 0.228 e. The number of carbonyl (C=O) groups excluding carboxylic acids is 2. The van der Waals surface area contributed by atoms with Crippen LogP contribution < -0.4 is 4.90 Å². The monoisotopic (exact) mass is 392 g/mol. The predicted molar refractivity (Wildman–Crippen MR) is 105 cm³/mol. The zero-order chi connectivity index (χ0) is 19.8. The van der Waals surface area contributed by atoms with Gasteiger partial charge in [-0.2, -0.15) is 0 Å². The molecule has 2 amide bonds.